The number of hydrogen-bond acceptors (Lipinski definition) is 4. The van der Waals surface area contributed by atoms with Crippen molar-refractivity contribution in [1.82, 2.24) is 0 Å². The van der Waals surface area contributed by atoms with Crippen LogP contribution in [0, 0.1) is 0 Å². The van der Waals surface area contributed by atoms with E-state index in [1.165, 1.54) is 19.1 Å². The summed E-state index contributed by atoms with van der Waals surface area (Å²) >= 11 is -2.51. The molecule has 0 aliphatic carbocycles. The smallest absolute Gasteiger partial charge is 0.357 e. The van der Waals surface area contributed by atoms with Gasteiger partial charge in [-0.25, -0.2) is 0 Å². The zero-order chi connectivity index (χ0) is 10.7. The molecule has 6 heteroatoms. The molecule has 1 aromatic carbocycles. The van der Waals surface area contributed by atoms with Crippen molar-refractivity contribution in [2.45, 2.75) is 6.92 Å². The number of benzene rings is 1. The van der Waals surface area contributed by atoms with Crippen LogP contribution < -0.4 is 4.18 Å². The number of rotatable bonds is 3. The predicted octanol–water partition coefficient (Wildman–Crippen LogP) is 1.11. The third-order valence-electron chi connectivity index (χ3n) is 1.51. The Balaban J connectivity index is 3.15. The maximum absolute atomic E-state index is 11.0. The molecular formula is C8H8O5S. The van der Waals surface area contributed by atoms with Crippen molar-refractivity contribution in [2.24, 2.45) is 0 Å². The Morgan fingerprint density at radius 2 is 2.14 bits per heavy atom. The molecule has 1 rings (SSSR count). The third kappa shape index (κ3) is 2.54. The molecule has 0 fully saturated rings. The highest BCUT2D eigenvalue weighted by atomic mass is 32.2. The second-order valence-corrected chi connectivity index (χ2v) is 3.14. The molecule has 0 saturated heterocycles. The standard InChI is InChI=1S/C8H8O5S/c1-5(9)7-3-2-6(10)4-8(7)13-14(11)12/h2-4,10H,1H3,(H,11,12). The van der Waals surface area contributed by atoms with Gasteiger partial charge < -0.3 is 9.29 Å². The average Bonchev–Trinajstić information content (AvgIpc) is 2.01. The first-order chi connectivity index (χ1) is 6.50. The lowest BCUT2D eigenvalue weighted by atomic mass is 10.1. The normalized spacial score (nSPS) is 12.1. The van der Waals surface area contributed by atoms with E-state index in [2.05, 4.69) is 4.18 Å². The summed E-state index contributed by atoms with van der Waals surface area (Å²) in [7, 11) is 0. The monoisotopic (exact) mass is 216 g/mol. The van der Waals surface area contributed by atoms with E-state index >= 15 is 0 Å². The van der Waals surface area contributed by atoms with Gasteiger partial charge in [0, 0.05) is 6.07 Å². The molecule has 76 valence electrons. The van der Waals surface area contributed by atoms with Gasteiger partial charge in [0.15, 0.2) is 11.5 Å². The molecule has 1 aromatic rings. The quantitative estimate of drug-likeness (QED) is 0.584. The molecule has 1 unspecified atom stereocenters. The van der Waals surface area contributed by atoms with Crippen LogP contribution in [0.4, 0.5) is 0 Å². The molecule has 2 N–H and O–H groups in total. The molecule has 0 radical (unpaired) electrons. The summed E-state index contributed by atoms with van der Waals surface area (Å²) in [5.74, 6) is -0.570. The van der Waals surface area contributed by atoms with Crippen LogP contribution in [-0.4, -0.2) is 19.7 Å². The molecule has 1 atom stereocenters. The minimum absolute atomic E-state index is 0.113. The van der Waals surface area contributed by atoms with Crippen molar-refractivity contribution < 1.29 is 22.8 Å². The zero-order valence-corrected chi connectivity index (χ0v) is 8.08. The molecule has 0 aromatic heterocycles. The Morgan fingerprint density at radius 1 is 1.50 bits per heavy atom. The number of hydrogen-bond donors (Lipinski definition) is 2. The summed E-state index contributed by atoms with van der Waals surface area (Å²) in [4.78, 5) is 11.0. The summed E-state index contributed by atoms with van der Waals surface area (Å²) in [6.45, 7) is 1.29. The second-order valence-electron chi connectivity index (χ2n) is 2.54. The van der Waals surface area contributed by atoms with Crippen LogP contribution >= 0.6 is 0 Å². The van der Waals surface area contributed by atoms with Crippen LogP contribution in [0.25, 0.3) is 0 Å². The van der Waals surface area contributed by atoms with Gasteiger partial charge in [0.2, 0.25) is 0 Å². The molecule has 0 amide bonds. The SMILES string of the molecule is CC(=O)c1ccc(O)cc1OS(=O)O. The van der Waals surface area contributed by atoms with Crippen molar-refractivity contribution in [3.63, 3.8) is 0 Å². The minimum atomic E-state index is -2.51. The van der Waals surface area contributed by atoms with E-state index < -0.39 is 11.4 Å². The molecule has 0 saturated carbocycles. The summed E-state index contributed by atoms with van der Waals surface area (Å²) in [6.07, 6.45) is 0. The van der Waals surface area contributed by atoms with E-state index in [0.29, 0.717) is 0 Å². The van der Waals surface area contributed by atoms with Gasteiger partial charge in [-0.3, -0.25) is 9.35 Å². The van der Waals surface area contributed by atoms with Gasteiger partial charge in [0.1, 0.15) is 5.75 Å². The van der Waals surface area contributed by atoms with E-state index in [4.69, 9.17) is 9.66 Å². The van der Waals surface area contributed by atoms with Crippen molar-refractivity contribution in [3.05, 3.63) is 23.8 Å². The van der Waals surface area contributed by atoms with E-state index in [9.17, 15) is 9.00 Å². The van der Waals surface area contributed by atoms with Gasteiger partial charge in [-0.05, 0) is 19.1 Å². The highest BCUT2D eigenvalue weighted by Gasteiger charge is 2.11. The van der Waals surface area contributed by atoms with Crippen molar-refractivity contribution in [1.29, 1.82) is 0 Å². The lowest BCUT2D eigenvalue weighted by molar-refractivity contribution is 0.101. The van der Waals surface area contributed by atoms with E-state index in [1.54, 1.807) is 0 Å². The first kappa shape index (κ1) is 10.7. The lowest BCUT2D eigenvalue weighted by Gasteiger charge is -2.05. The van der Waals surface area contributed by atoms with Gasteiger partial charge in [-0.1, -0.05) is 0 Å². The second kappa shape index (κ2) is 4.21. The van der Waals surface area contributed by atoms with Gasteiger partial charge >= 0.3 is 11.4 Å². The fourth-order valence-electron chi connectivity index (χ4n) is 0.948. The van der Waals surface area contributed by atoms with Crippen LogP contribution in [0.1, 0.15) is 17.3 Å². The average molecular weight is 216 g/mol. The number of aromatic hydroxyl groups is 1. The van der Waals surface area contributed by atoms with Crippen molar-refractivity contribution >= 4 is 17.1 Å². The Labute approximate surface area is 82.8 Å². The van der Waals surface area contributed by atoms with Crippen LogP contribution in [0.15, 0.2) is 18.2 Å². The Kier molecular flexibility index (Phi) is 3.21. The first-order valence-corrected chi connectivity index (χ1v) is 4.67. The number of Topliss-reactive ketones (excluding diaryl/α,β-unsaturated/α-hetero) is 1. The summed E-state index contributed by atoms with van der Waals surface area (Å²) in [5.41, 5.74) is 0.144. The highest BCUT2D eigenvalue weighted by molar-refractivity contribution is 7.74. The summed E-state index contributed by atoms with van der Waals surface area (Å²) in [6, 6.07) is 3.72. The van der Waals surface area contributed by atoms with Gasteiger partial charge in [-0.15, -0.1) is 0 Å². The Morgan fingerprint density at radius 3 is 2.64 bits per heavy atom. The first-order valence-electron chi connectivity index (χ1n) is 3.64. The number of ketones is 1. The molecule has 0 spiro atoms. The molecule has 0 aliphatic rings. The third-order valence-corrected chi connectivity index (χ3v) is 1.83. The zero-order valence-electron chi connectivity index (χ0n) is 7.26. The van der Waals surface area contributed by atoms with Crippen LogP contribution in [0.5, 0.6) is 11.5 Å². The Hall–Kier alpha value is -1.40. The largest absolute Gasteiger partial charge is 0.508 e. The maximum Gasteiger partial charge on any atom is 0.357 e. The number of carbonyl (C=O) groups excluding carboxylic acids is 1. The Bertz CT molecular complexity index is 387. The molecule has 14 heavy (non-hydrogen) atoms. The summed E-state index contributed by atoms with van der Waals surface area (Å²) in [5, 5.41) is 9.06. The molecule has 0 heterocycles. The van der Waals surface area contributed by atoms with Crippen molar-refractivity contribution in [2.75, 3.05) is 0 Å². The van der Waals surface area contributed by atoms with Crippen LogP contribution in [-0.2, 0) is 11.4 Å². The number of phenolic OH excluding ortho intramolecular Hbond substituents is 1. The molecule has 0 bridgehead atoms. The van der Waals surface area contributed by atoms with Gasteiger partial charge in [-0.2, -0.15) is 4.21 Å². The molecule has 5 nitrogen and oxygen atoms in total. The predicted molar refractivity (Wildman–Crippen MR) is 49.5 cm³/mol. The highest BCUT2D eigenvalue weighted by Crippen LogP contribution is 2.24. The van der Waals surface area contributed by atoms with Crippen LogP contribution in [0.2, 0.25) is 0 Å². The number of phenols is 1. The fourth-order valence-corrected chi connectivity index (χ4v) is 1.24. The fraction of sp³-hybridized carbons (Fsp3) is 0.125. The molecular weight excluding hydrogens is 208 g/mol. The summed E-state index contributed by atoms with van der Waals surface area (Å²) < 4.78 is 23.2. The van der Waals surface area contributed by atoms with Gasteiger partial charge in [0.25, 0.3) is 0 Å². The van der Waals surface area contributed by atoms with Crippen LogP contribution in [0.3, 0.4) is 0 Å². The van der Waals surface area contributed by atoms with E-state index in [0.717, 1.165) is 6.07 Å². The number of carbonyl (C=O) groups is 1. The van der Waals surface area contributed by atoms with E-state index in [-0.39, 0.29) is 22.8 Å². The maximum atomic E-state index is 11.0. The molecule has 0 aliphatic heterocycles. The van der Waals surface area contributed by atoms with Gasteiger partial charge in [0.05, 0.1) is 5.56 Å². The minimum Gasteiger partial charge on any atom is -0.508 e. The topological polar surface area (TPSA) is 83.8 Å². The lowest BCUT2D eigenvalue weighted by Crippen LogP contribution is -2.03. The van der Waals surface area contributed by atoms with E-state index in [1.807, 2.05) is 0 Å². The van der Waals surface area contributed by atoms with Crippen molar-refractivity contribution in [3.8, 4) is 11.5 Å².